The second-order valence-corrected chi connectivity index (χ2v) is 3.72. The van der Waals surface area contributed by atoms with E-state index in [1.807, 2.05) is 0 Å². The van der Waals surface area contributed by atoms with Crippen LogP contribution < -0.4 is 0 Å². The standard InChI is InChI=1S/C9H14F2O2/c1-3-13-8(12)9(2)4-6(10)7(11)5-9/h6-7H,3-5H2,1-2H3/t6-,7+,9-/i10-1/m1/s1. The van der Waals surface area contributed by atoms with Crippen LogP contribution in [-0.4, -0.2) is 24.9 Å². The number of rotatable bonds is 2. The minimum atomic E-state index is -1.52. The summed E-state index contributed by atoms with van der Waals surface area (Å²) >= 11 is 0. The molecule has 0 aromatic carbocycles. The van der Waals surface area contributed by atoms with E-state index in [1.165, 1.54) is 0 Å². The van der Waals surface area contributed by atoms with Crippen LogP contribution in [0.1, 0.15) is 26.7 Å². The fourth-order valence-corrected chi connectivity index (χ4v) is 1.67. The molecule has 3 atom stereocenters. The number of carbonyl (C=O) groups excluding carboxylic acids is 1. The van der Waals surface area contributed by atoms with E-state index in [0.29, 0.717) is 0 Å². The van der Waals surface area contributed by atoms with Crippen molar-refractivity contribution in [2.24, 2.45) is 5.41 Å². The van der Waals surface area contributed by atoms with Gasteiger partial charge in [0.05, 0.1) is 12.0 Å². The highest BCUT2D eigenvalue weighted by molar-refractivity contribution is 5.77. The van der Waals surface area contributed by atoms with Crippen LogP contribution in [0.5, 0.6) is 0 Å². The summed E-state index contributed by atoms with van der Waals surface area (Å²) in [6.45, 7) is 3.48. The van der Waals surface area contributed by atoms with Crippen molar-refractivity contribution in [2.75, 3.05) is 6.61 Å². The van der Waals surface area contributed by atoms with Crippen LogP contribution in [0.2, 0.25) is 0 Å². The molecule has 0 heterocycles. The molecule has 0 spiro atoms. The average molecular weight is 191 g/mol. The van der Waals surface area contributed by atoms with Gasteiger partial charge in [0.25, 0.3) is 0 Å². The molecule has 0 unspecified atom stereocenters. The predicted octanol–water partition coefficient (Wildman–Crippen LogP) is 2.03. The van der Waals surface area contributed by atoms with E-state index >= 15 is 0 Å². The fraction of sp³-hybridized carbons (Fsp3) is 0.889. The molecule has 0 N–H and O–H groups in total. The summed E-state index contributed by atoms with van der Waals surface area (Å²) in [5.74, 6) is -0.488. The molecule has 1 aliphatic carbocycles. The van der Waals surface area contributed by atoms with Crippen LogP contribution >= 0.6 is 0 Å². The molecule has 0 radical (unpaired) electrons. The monoisotopic (exact) mass is 191 g/mol. The van der Waals surface area contributed by atoms with E-state index in [4.69, 9.17) is 4.74 Å². The van der Waals surface area contributed by atoms with E-state index in [2.05, 4.69) is 0 Å². The lowest BCUT2D eigenvalue weighted by Crippen LogP contribution is -2.27. The zero-order valence-electron chi connectivity index (χ0n) is 7.85. The SMILES string of the molecule is CCOC(=O)[C@]1(C)C[C@@H]([18F])[C@@H](F)C1. The van der Waals surface area contributed by atoms with Gasteiger partial charge in [-0.05, 0) is 26.7 Å². The number of hydrogen-bond donors (Lipinski definition) is 0. The smallest absolute Gasteiger partial charge is 0.311 e. The molecule has 0 aromatic heterocycles. The van der Waals surface area contributed by atoms with E-state index < -0.39 is 23.7 Å². The molecule has 1 aliphatic rings. The summed E-state index contributed by atoms with van der Waals surface area (Å²) in [7, 11) is 0. The lowest BCUT2D eigenvalue weighted by Gasteiger charge is -2.19. The number of alkyl halides is 2. The molecule has 0 saturated heterocycles. The highest BCUT2D eigenvalue weighted by Crippen LogP contribution is 2.41. The van der Waals surface area contributed by atoms with E-state index in [1.54, 1.807) is 13.8 Å². The quantitative estimate of drug-likeness (QED) is 0.624. The van der Waals surface area contributed by atoms with Crippen molar-refractivity contribution in [3.63, 3.8) is 0 Å². The maximum Gasteiger partial charge on any atom is 0.311 e. The minimum Gasteiger partial charge on any atom is -0.466 e. The Morgan fingerprint density at radius 1 is 1.46 bits per heavy atom. The fourth-order valence-electron chi connectivity index (χ4n) is 1.67. The highest BCUT2D eigenvalue weighted by atomic mass is 19.1. The van der Waals surface area contributed by atoms with Gasteiger partial charge in [0, 0.05) is 0 Å². The van der Waals surface area contributed by atoms with Gasteiger partial charge in [-0.15, -0.1) is 0 Å². The van der Waals surface area contributed by atoms with E-state index in [-0.39, 0.29) is 19.4 Å². The first-order valence-electron chi connectivity index (χ1n) is 4.45. The number of hydrogen-bond acceptors (Lipinski definition) is 2. The van der Waals surface area contributed by atoms with Gasteiger partial charge in [-0.1, -0.05) is 0 Å². The van der Waals surface area contributed by atoms with Gasteiger partial charge in [-0.2, -0.15) is 0 Å². The van der Waals surface area contributed by atoms with Crippen LogP contribution in [0.15, 0.2) is 0 Å². The first kappa shape index (κ1) is 10.4. The van der Waals surface area contributed by atoms with Crippen LogP contribution in [0, 0.1) is 5.41 Å². The minimum absolute atomic E-state index is 0.0625. The van der Waals surface area contributed by atoms with Gasteiger partial charge in [-0.3, -0.25) is 4.79 Å². The lowest BCUT2D eigenvalue weighted by molar-refractivity contribution is -0.154. The van der Waals surface area contributed by atoms with Gasteiger partial charge in [-0.25, -0.2) is 8.78 Å². The summed E-state index contributed by atoms with van der Waals surface area (Å²) in [5.41, 5.74) is -0.963. The first-order valence-corrected chi connectivity index (χ1v) is 4.45. The van der Waals surface area contributed by atoms with Gasteiger partial charge in [0.15, 0.2) is 0 Å². The van der Waals surface area contributed by atoms with E-state index in [9.17, 15) is 13.6 Å². The highest BCUT2D eigenvalue weighted by Gasteiger charge is 2.48. The average Bonchev–Trinajstić information content (AvgIpc) is 2.28. The predicted molar refractivity (Wildman–Crippen MR) is 43.8 cm³/mol. The Labute approximate surface area is 76.3 Å². The maximum atomic E-state index is 12.8. The molecule has 0 aliphatic heterocycles. The molecule has 1 saturated carbocycles. The molecule has 0 amide bonds. The molecule has 0 aromatic rings. The number of carbonyl (C=O) groups is 1. The van der Waals surface area contributed by atoms with Crippen molar-refractivity contribution in [1.29, 1.82) is 0 Å². The Kier molecular flexibility index (Phi) is 2.88. The first-order chi connectivity index (χ1) is 5.99. The van der Waals surface area contributed by atoms with Crippen molar-refractivity contribution >= 4 is 5.97 Å². The normalized spacial score (nSPS) is 39.1. The van der Waals surface area contributed by atoms with Gasteiger partial charge in [0.1, 0.15) is 12.3 Å². The molecule has 13 heavy (non-hydrogen) atoms. The summed E-state index contributed by atoms with van der Waals surface area (Å²) in [4.78, 5) is 11.3. The van der Waals surface area contributed by atoms with Gasteiger partial charge in [0.2, 0.25) is 0 Å². The van der Waals surface area contributed by atoms with E-state index in [0.717, 1.165) is 0 Å². The number of ether oxygens (including phenoxy) is 1. The molecular weight excluding hydrogens is 177 g/mol. The Morgan fingerprint density at radius 2 is 1.92 bits per heavy atom. The Bertz CT molecular complexity index is 196. The zero-order valence-corrected chi connectivity index (χ0v) is 7.85. The summed E-state index contributed by atoms with van der Waals surface area (Å²) in [6, 6.07) is 0. The second-order valence-electron chi connectivity index (χ2n) is 3.72. The maximum absolute atomic E-state index is 12.8. The Hall–Kier alpha value is -0.670. The Balaban J connectivity index is 2.63. The third-order valence-corrected chi connectivity index (χ3v) is 2.45. The molecule has 1 rings (SSSR count). The van der Waals surface area contributed by atoms with Crippen molar-refractivity contribution in [3.05, 3.63) is 0 Å². The largest absolute Gasteiger partial charge is 0.466 e. The van der Waals surface area contributed by atoms with Crippen molar-refractivity contribution in [2.45, 2.75) is 39.0 Å². The van der Waals surface area contributed by atoms with Gasteiger partial charge < -0.3 is 4.74 Å². The lowest BCUT2D eigenvalue weighted by atomic mass is 9.89. The van der Waals surface area contributed by atoms with Gasteiger partial charge >= 0.3 is 5.97 Å². The van der Waals surface area contributed by atoms with Crippen LogP contribution in [-0.2, 0) is 9.53 Å². The summed E-state index contributed by atoms with van der Waals surface area (Å²) in [6.07, 6.45) is -3.16. The number of esters is 1. The third-order valence-electron chi connectivity index (χ3n) is 2.45. The summed E-state index contributed by atoms with van der Waals surface area (Å²) < 4.78 is 30.4. The molecule has 1 fully saturated rings. The number of halogens is 2. The molecule has 2 nitrogen and oxygen atoms in total. The van der Waals surface area contributed by atoms with Crippen LogP contribution in [0.3, 0.4) is 0 Å². The third kappa shape index (κ3) is 1.98. The molecule has 0 bridgehead atoms. The van der Waals surface area contributed by atoms with Crippen LogP contribution in [0.4, 0.5) is 8.78 Å². The zero-order chi connectivity index (χ0) is 10.1. The topological polar surface area (TPSA) is 26.3 Å². The molecular formula is C9H14F2O2. The Morgan fingerprint density at radius 3 is 2.31 bits per heavy atom. The van der Waals surface area contributed by atoms with Crippen molar-refractivity contribution in [3.8, 4) is 0 Å². The van der Waals surface area contributed by atoms with Crippen LogP contribution in [0.25, 0.3) is 0 Å². The van der Waals surface area contributed by atoms with Crippen molar-refractivity contribution in [1.82, 2.24) is 0 Å². The molecule has 4 heteroatoms. The second kappa shape index (κ2) is 3.60. The van der Waals surface area contributed by atoms with Crippen molar-refractivity contribution < 1.29 is 18.3 Å². The molecule has 76 valence electrons. The summed E-state index contributed by atoms with van der Waals surface area (Å²) in [5, 5.41) is 0.